The van der Waals surface area contributed by atoms with Gasteiger partial charge in [-0.05, 0) is 12.1 Å². The minimum Gasteiger partial charge on any atom is -0.508 e. The smallest absolute Gasteiger partial charge is 0.333 e. The summed E-state index contributed by atoms with van der Waals surface area (Å²) in [6, 6.07) is 9.02. The SMILES string of the molecule is O=C(O)C(N=CC=NC(C(=O)O)c1ccccc1O)c1ccccc1O. The summed E-state index contributed by atoms with van der Waals surface area (Å²) in [5.41, 5.74) is 0.195. The van der Waals surface area contributed by atoms with E-state index >= 15 is 0 Å². The van der Waals surface area contributed by atoms with Crippen LogP contribution in [0.25, 0.3) is 0 Å². The Morgan fingerprint density at radius 1 is 0.731 bits per heavy atom. The van der Waals surface area contributed by atoms with Crippen molar-refractivity contribution >= 4 is 24.4 Å². The van der Waals surface area contributed by atoms with Crippen molar-refractivity contribution < 1.29 is 30.0 Å². The lowest BCUT2D eigenvalue weighted by Gasteiger charge is -2.10. The zero-order chi connectivity index (χ0) is 19.1. The summed E-state index contributed by atoms with van der Waals surface area (Å²) < 4.78 is 0. The van der Waals surface area contributed by atoms with Crippen molar-refractivity contribution in [2.24, 2.45) is 9.98 Å². The molecular weight excluding hydrogens is 340 g/mol. The number of phenols is 2. The quantitative estimate of drug-likeness (QED) is 0.561. The minimum atomic E-state index is -1.36. The number of nitrogens with zero attached hydrogens (tertiary/aromatic N) is 2. The zero-order valence-electron chi connectivity index (χ0n) is 13.4. The van der Waals surface area contributed by atoms with E-state index in [1.807, 2.05) is 0 Å². The highest BCUT2D eigenvalue weighted by Gasteiger charge is 2.22. The highest BCUT2D eigenvalue weighted by molar-refractivity contribution is 6.16. The largest absolute Gasteiger partial charge is 0.508 e. The number of hydrogen-bond donors (Lipinski definition) is 4. The second-order valence-electron chi connectivity index (χ2n) is 5.20. The predicted octanol–water partition coefficient (Wildman–Crippen LogP) is 2.19. The zero-order valence-corrected chi connectivity index (χ0v) is 13.4. The lowest BCUT2D eigenvalue weighted by atomic mass is 10.1. The standard InChI is InChI=1S/C18H16N2O6/c21-13-7-3-1-5-11(13)15(17(23)24)19-9-10-20-16(18(25)26)12-6-2-4-8-14(12)22/h1-10,15-16,21-22H,(H,23,24)(H,25,26). The molecule has 2 aromatic carbocycles. The third kappa shape index (κ3) is 4.44. The summed E-state index contributed by atoms with van der Waals surface area (Å²) in [6.07, 6.45) is 2.09. The van der Waals surface area contributed by atoms with Crippen LogP contribution in [0.2, 0.25) is 0 Å². The number of phenolic OH excluding ortho intramolecular Hbond substituents is 2. The Morgan fingerprint density at radius 3 is 1.38 bits per heavy atom. The molecule has 26 heavy (non-hydrogen) atoms. The molecule has 2 rings (SSSR count). The van der Waals surface area contributed by atoms with Crippen LogP contribution in [0, 0.1) is 0 Å². The van der Waals surface area contributed by atoms with Crippen molar-refractivity contribution in [3.8, 4) is 11.5 Å². The number of aromatic hydroxyl groups is 2. The molecule has 0 bridgehead atoms. The number of aliphatic carboxylic acids is 2. The van der Waals surface area contributed by atoms with Crippen molar-refractivity contribution in [2.45, 2.75) is 12.1 Å². The van der Waals surface area contributed by atoms with Crippen LogP contribution in [0.3, 0.4) is 0 Å². The lowest BCUT2D eigenvalue weighted by molar-refractivity contribution is -0.139. The molecule has 0 aliphatic rings. The highest BCUT2D eigenvalue weighted by atomic mass is 16.4. The fourth-order valence-corrected chi connectivity index (χ4v) is 2.24. The van der Waals surface area contributed by atoms with Crippen molar-refractivity contribution in [1.29, 1.82) is 0 Å². The Morgan fingerprint density at radius 2 is 1.08 bits per heavy atom. The van der Waals surface area contributed by atoms with E-state index < -0.39 is 24.0 Å². The molecule has 0 saturated heterocycles. The molecule has 0 aromatic heterocycles. The summed E-state index contributed by atoms with van der Waals surface area (Å²) in [5, 5.41) is 38.0. The van der Waals surface area contributed by atoms with E-state index in [1.54, 1.807) is 24.3 Å². The first-order valence-electron chi connectivity index (χ1n) is 7.48. The van der Waals surface area contributed by atoms with Gasteiger partial charge in [0, 0.05) is 23.6 Å². The molecule has 8 heteroatoms. The van der Waals surface area contributed by atoms with Crippen LogP contribution >= 0.6 is 0 Å². The number of carboxylic acid groups (broad SMARTS) is 2. The second-order valence-corrected chi connectivity index (χ2v) is 5.20. The van der Waals surface area contributed by atoms with Crippen molar-refractivity contribution in [3.05, 3.63) is 59.7 Å². The van der Waals surface area contributed by atoms with Gasteiger partial charge in [0.15, 0.2) is 12.1 Å². The Bertz CT molecular complexity index is 791. The molecule has 0 spiro atoms. The normalized spacial score (nSPS) is 13.7. The van der Waals surface area contributed by atoms with Gasteiger partial charge in [0.1, 0.15) is 11.5 Å². The van der Waals surface area contributed by atoms with E-state index in [1.165, 1.54) is 24.3 Å². The molecule has 0 saturated carbocycles. The molecule has 8 nitrogen and oxygen atoms in total. The van der Waals surface area contributed by atoms with Gasteiger partial charge in [0.25, 0.3) is 0 Å². The first kappa shape index (κ1) is 18.7. The third-order valence-electron chi connectivity index (χ3n) is 3.47. The van der Waals surface area contributed by atoms with Crippen molar-refractivity contribution in [2.75, 3.05) is 0 Å². The molecule has 0 fully saturated rings. The van der Waals surface area contributed by atoms with Crippen LogP contribution in [-0.4, -0.2) is 44.8 Å². The molecule has 0 aliphatic heterocycles. The minimum absolute atomic E-state index is 0.0974. The van der Waals surface area contributed by atoms with Gasteiger partial charge in [-0.2, -0.15) is 0 Å². The van der Waals surface area contributed by atoms with Gasteiger partial charge in [0.2, 0.25) is 0 Å². The molecule has 2 aromatic rings. The van der Waals surface area contributed by atoms with Crippen molar-refractivity contribution in [1.82, 2.24) is 0 Å². The summed E-state index contributed by atoms with van der Waals surface area (Å²) in [4.78, 5) is 30.3. The summed E-state index contributed by atoms with van der Waals surface area (Å²) in [7, 11) is 0. The number of para-hydroxylation sites is 2. The highest BCUT2D eigenvalue weighted by Crippen LogP contribution is 2.27. The monoisotopic (exact) mass is 356 g/mol. The Kier molecular flexibility index (Phi) is 6.05. The number of carboxylic acids is 2. The van der Waals surface area contributed by atoms with Gasteiger partial charge in [0.05, 0.1) is 0 Å². The molecule has 2 atom stereocenters. The van der Waals surface area contributed by atoms with Crippen LogP contribution < -0.4 is 0 Å². The van der Waals surface area contributed by atoms with Gasteiger partial charge in [-0.25, -0.2) is 9.59 Å². The maximum Gasteiger partial charge on any atom is 0.333 e. The van der Waals surface area contributed by atoms with E-state index in [9.17, 15) is 30.0 Å². The average Bonchev–Trinajstić information content (AvgIpc) is 2.59. The van der Waals surface area contributed by atoms with Crippen molar-refractivity contribution in [3.63, 3.8) is 0 Å². The topological polar surface area (TPSA) is 140 Å². The number of carbonyl (C=O) groups is 2. The van der Waals surface area contributed by atoms with Gasteiger partial charge in [-0.1, -0.05) is 36.4 Å². The molecule has 4 N–H and O–H groups in total. The number of benzene rings is 2. The van der Waals surface area contributed by atoms with Crippen LogP contribution in [-0.2, 0) is 9.59 Å². The van der Waals surface area contributed by atoms with E-state index in [2.05, 4.69) is 9.98 Å². The van der Waals surface area contributed by atoms with Crippen LogP contribution in [0.5, 0.6) is 11.5 Å². The maximum absolute atomic E-state index is 11.4. The molecule has 134 valence electrons. The third-order valence-corrected chi connectivity index (χ3v) is 3.47. The predicted molar refractivity (Wildman–Crippen MR) is 94.0 cm³/mol. The van der Waals surface area contributed by atoms with Gasteiger partial charge in [-0.3, -0.25) is 9.98 Å². The van der Waals surface area contributed by atoms with E-state index in [4.69, 9.17) is 0 Å². The van der Waals surface area contributed by atoms with Crippen LogP contribution in [0.15, 0.2) is 58.5 Å². The second kappa shape index (κ2) is 8.43. The fraction of sp³-hybridized carbons (Fsp3) is 0.111. The molecule has 0 radical (unpaired) electrons. The van der Waals surface area contributed by atoms with Crippen LogP contribution in [0.4, 0.5) is 0 Å². The average molecular weight is 356 g/mol. The van der Waals surface area contributed by atoms with E-state index in [0.717, 1.165) is 12.4 Å². The molecular formula is C18H16N2O6. The maximum atomic E-state index is 11.4. The molecule has 0 amide bonds. The Hall–Kier alpha value is -3.68. The van der Waals surface area contributed by atoms with Gasteiger partial charge >= 0.3 is 11.9 Å². The first-order chi connectivity index (χ1) is 12.4. The Balaban J connectivity index is 2.23. The summed E-state index contributed by atoms with van der Waals surface area (Å²) in [5.74, 6) is -3.00. The fourth-order valence-electron chi connectivity index (χ4n) is 2.24. The molecule has 0 aliphatic carbocycles. The lowest BCUT2D eigenvalue weighted by Crippen LogP contribution is -2.11. The van der Waals surface area contributed by atoms with Crippen LogP contribution in [0.1, 0.15) is 23.2 Å². The van der Waals surface area contributed by atoms with Gasteiger partial charge in [-0.15, -0.1) is 0 Å². The van der Waals surface area contributed by atoms with E-state index in [0.29, 0.717) is 0 Å². The number of aliphatic imine (C=N–C) groups is 2. The summed E-state index contributed by atoms with van der Waals surface area (Å²) >= 11 is 0. The van der Waals surface area contributed by atoms with Gasteiger partial charge < -0.3 is 20.4 Å². The Labute approximate surface area is 148 Å². The summed E-state index contributed by atoms with van der Waals surface area (Å²) in [6.45, 7) is 0. The first-order valence-corrected chi connectivity index (χ1v) is 7.48. The molecule has 2 unspecified atom stereocenters. The number of hydrogen-bond acceptors (Lipinski definition) is 6. The number of rotatable bonds is 7. The molecule has 0 heterocycles. The van der Waals surface area contributed by atoms with E-state index in [-0.39, 0.29) is 22.6 Å².